The van der Waals surface area contributed by atoms with Gasteiger partial charge in [-0.15, -0.1) is 0 Å². The van der Waals surface area contributed by atoms with Crippen molar-refractivity contribution >= 4 is 12.9 Å². The molecule has 0 saturated carbocycles. The van der Waals surface area contributed by atoms with Gasteiger partial charge in [-0.3, -0.25) is 0 Å². The van der Waals surface area contributed by atoms with E-state index in [1.807, 2.05) is 58.2 Å². The van der Waals surface area contributed by atoms with Crippen LogP contribution in [0, 0.1) is 5.41 Å². The second-order valence-electron chi connectivity index (χ2n) is 6.29. The first-order valence-corrected chi connectivity index (χ1v) is 8.57. The van der Waals surface area contributed by atoms with Gasteiger partial charge in [0.15, 0.2) is 0 Å². The molecule has 0 aromatic carbocycles. The van der Waals surface area contributed by atoms with E-state index in [4.69, 9.17) is 9.05 Å². The third-order valence-corrected chi connectivity index (χ3v) is 9.44. The van der Waals surface area contributed by atoms with Gasteiger partial charge in [-0.05, 0) is 0 Å². The molecule has 0 aromatic rings. The van der Waals surface area contributed by atoms with E-state index >= 15 is 0 Å². The fourth-order valence-electron chi connectivity index (χ4n) is 3.22. The molecule has 110 valence electrons. The van der Waals surface area contributed by atoms with Crippen LogP contribution in [0.15, 0.2) is 11.3 Å². The Hall–Kier alpha value is -0.480. The van der Waals surface area contributed by atoms with Crippen LogP contribution in [0.3, 0.4) is 0 Å². The molecule has 0 N–H and O–H groups in total. The molecule has 0 aliphatic carbocycles. The van der Waals surface area contributed by atoms with Crippen LogP contribution in [0.5, 0.6) is 0 Å². The maximum atomic E-state index is 13.2. The number of carbonyl (C=O) groups excluding carboxylic acids is 1. The summed E-state index contributed by atoms with van der Waals surface area (Å²) in [6.07, 6.45) is 0. The summed E-state index contributed by atoms with van der Waals surface area (Å²) >= 11 is 0. The van der Waals surface area contributed by atoms with Crippen LogP contribution in [0.1, 0.15) is 27.7 Å². The molecule has 0 radical (unpaired) electrons. The Balaban J connectivity index is 2.74. The van der Waals surface area contributed by atoms with E-state index in [9.17, 15) is 4.79 Å². The second kappa shape index (κ2) is 4.01. The molecule has 2 heterocycles. The van der Waals surface area contributed by atoms with E-state index in [0.717, 1.165) is 11.3 Å². The van der Waals surface area contributed by atoms with Gasteiger partial charge in [0, 0.05) is 0 Å². The normalized spacial score (nSPS) is 30.4. The van der Waals surface area contributed by atoms with Gasteiger partial charge in [0.2, 0.25) is 0 Å². The van der Waals surface area contributed by atoms with Crippen LogP contribution in [-0.4, -0.2) is 49.2 Å². The zero-order chi connectivity index (χ0) is 14.7. The summed E-state index contributed by atoms with van der Waals surface area (Å²) in [5.74, 6) is 0.762. The number of nitrogens with zero attached hydrogens (tertiary/aromatic N) is 2. The van der Waals surface area contributed by atoms with Gasteiger partial charge in [0.1, 0.15) is 0 Å². The molecule has 2 aliphatic rings. The van der Waals surface area contributed by atoms with Crippen molar-refractivity contribution in [3.05, 3.63) is 11.3 Å². The molecule has 5 nitrogen and oxygen atoms in total. The van der Waals surface area contributed by atoms with Crippen molar-refractivity contribution in [2.24, 2.45) is 5.41 Å². The average Bonchev–Trinajstić information content (AvgIpc) is 2.72. The predicted octanol–water partition coefficient (Wildman–Crippen LogP) is 2.60. The third kappa shape index (κ3) is 1.47. The summed E-state index contributed by atoms with van der Waals surface area (Å²) in [4.78, 5) is 13.2. The molecule has 2 saturated heterocycles. The van der Waals surface area contributed by atoms with E-state index in [-0.39, 0.29) is 5.52 Å². The SMILES string of the molecule is CC(C)=C1OP2(N(C)C)(OCCN2C)C(=O)C1(C)C. The maximum absolute atomic E-state index is 13.2. The molecule has 0 unspecified atom stereocenters. The Labute approximate surface area is 115 Å². The average molecular weight is 288 g/mol. The van der Waals surface area contributed by atoms with Crippen LogP contribution in [0.25, 0.3) is 0 Å². The minimum atomic E-state index is -3.59. The summed E-state index contributed by atoms with van der Waals surface area (Å²) < 4.78 is 16.3. The Morgan fingerprint density at radius 3 is 2.26 bits per heavy atom. The van der Waals surface area contributed by atoms with Gasteiger partial charge in [-0.2, -0.15) is 0 Å². The van der Waals surface area contributed by atoms with Crippen molar-refractivity contribution in [3.8, 4) is 0 Å². The second-order valence-corrected chi connectivity index (χ2v) is 10.4. The van der Waals surface area contributed by atoms with E-state index in [1.165, 1.54) is 0 Å². The fraction of sp³-hybridized carbons (Fsp3) is 0.769. The Morgan fingerprint density at radius 2 is 1.95 bits per heavy atom. The van der Waals surface area contributed by atoms with E-state index in [0.29, 0.717) is 13.2 Å². The molecule has 0 bridgehead atoms. The molecule has 2 aliphatic heterocycles. The third-order valence-electron chi connectivity index (χ3n) is 4.21. The van der Waals surface area contributed by atoms with Crippen molar-refractivity contribution in [2.75, 3.05) is 34.3 Å². The van der Waals surface area contributed by atoms with Crippen LogP contribution < -0.4 is 0 Å². The fourth-order valence-corrected chi connectivity index (χ4v) is 8.13. The number of rotatable bonds is 1. The molecule has 0 aromatic heterocycles. The van der Waals surface area contributed by atoms with Crippen LogP contribution in [-0.2, 0) is 13.8 Å². The number of allylic oxidation sites excluding steroid dienone is 2. The van der Waals surface area contributed by atoms with Gasteiger partial charge >= 0.3 is 115 Å². The van der Waals surface area contributed by atoms with E-state index in [1.54, 1.807) is 0 Å². The molecule has 19 heavy (non-hydrogen) atoms. The van der Waals surface area contributed by atoms with Crippen LogP contribution in [0.4, 0.5) is 0 Å². The van der Waals surface area contributed by atoms with Gasteiger partial charge in [0.05, 0.1) is 0 Å². The molecular formula is C13H25N2O3P. The first-order chi connectivity index (χ1) is 8.60. The van der Waals surface area contributed by atoms with Gasteiger partial charge in [-0.25, -0.2) is 0 Å². The van der Waals surface area contributed by atoms with Crippen molar-refractivity contribution < 1.29 is 13.8 Å². The van der Waals surface area contributed by atoms with Crippen molar-refractivity contribution in [1.29, 1.82) is 0 Å². The molecule has 1 spiro atoms. The molecule has 6 heteroatoms. The standard InChI is InChI=1S/C13H25N2O3P/c1-10(2)11-13(3,4)12(16)19(18-11,14(5)6)15(7)8-9-17-19/h8-9H2,1-7H3. The van der Waals surface area contributed by atoms with Gasteiger partial charge in [-0.1, -0.05) is 0 Å². The predicted molar refractivity (Wildman–Crippen MR) is 77.4 cm³/mol. The summed E-state index contributed by atoms with van der Waals surface area (Å²) in [5, 5.41) is 0. The van der Waals surface area contributed by atoms with Crippen LogP contribution in [0.2, 0.25) is 0 Å². The summed E-state index contributed by atoms with van der Waals surface area (Å²) in [7, 11) is 2.09. The van der Waals surface area contributed by atoms with Crippen molar-refractivity contribution in [1.82, 2.24) is 9.34 Å². The Morgan fingerprint density at radius 1 is 1.37 bits per heavy atom. The number of carbonyl (C=O) groups is 1. The first-order valence-electron chi connectivity index (χ1n) is 6.59. The molecule has 2 rings (SSSR count). The molecule has 0 atom stereocenters. The number of likely N-dealkylation sites (N-methyl/N-ethyl adjacent to an activating group) is 1. The number of hydrogen-bond acceptors (Lipinski definition) is 5. The Kier molecular flexibility index (Phi) is 3.15. The number of hydrogen-bond donors (Lipinski definition) is 0. The molecule has 2 fully saturated rings. The minimum absolute atomic E-state index is 0.0692. The first kappa shape index (κ1) is 14.9. The van der Waals surface area contributed by atoms with Crippen LogP contribution >= 0.6 is 7.36 Å². The van der Waals surface area contributed by atoms with Gasteiger partial charge in [0.25, 0.3) is 0 Å². The summed E-state index contributed by atoms with van der Waals surface area (Å²) in [6.45, 7) is 9.07. The Bertz CT molecular complexity index is 471. The van der Waals surface area contributed by atoms with E-state index < -0.39 is 12.8 Å². The van der Waals surface area contributed by atoms with Crippen molar-refractivity contribution in [2.45, 2.75) is 27.7 Å². The van der Waals surface area contributed by atoms with E-state index in [2.05, 4.69) is 0 Å². The zero-order valence-corrected chi connectivity index (χ0v) is 13.9. The molecule has 0 amide bonds. The monoisotopic (exact) mass is 288 g/mol. The summed E-state index contributed by atoms with van der Waals surface area (Å²) in [5.41, 5.74) is 0.463. The van der Waals surface area contributed by atoms with Gasteiger partial charge < -0.3 is 0 Å². The van der Waals surface area contributed by atoms with Crippen molar-refractivity contribution in [3.63, 3.8) is 0 Å². The quantitative estimate of drug-likeness (QED) is 0.694. The zero-order valence-electron chi connectivity index (χ0n) is 13.0. The summed E-state index contributed by atoms with van der Waals surface area (Å²) in [6, 6.07) is 0. The topological polar surface area (TPSA) is 42.0 Å². The molecular weight excluding hydrogens is 263 g/mol.